The Hall–Kier alpha value is -2.60. The van der Waals surface area contributed by atoms with Crippen LogP contribution < -0.4 is 9.64 Å². The van der Waals surface area contributed by atoms with Gasteiger partial charge in [-0.1, -0.05) is 11.6 Å². The van der Waals surface area contributed by atoms with Crippen LogP contribution in [0.3, 0.4) is 0 Å². The van der Waals surface area contributed by atoms with Crippen LogP contribution in [0.15, 0.2) is 42.5 Å². The van der Waals surface area contributed by atoms with Crippen LogP contribution in [0.4, 0.5) is 10.1 Å². The minimum Gasteiger partial charge on any atom is -0.479 e. The van der Waals surface area contributed by atoms with Crippen LogP contribution in [-0.4, -0.2) is 48.9 Å². The third kappa shape index (κ3) is 4.62. The van der Waals surface area contributed by atoms with Gasteiger partial charge in [-0.2, -0.15) is 0 Å². The van der Waals surface area contributed by atoms with Crippen LogP contribution in [0.25, 0.3) is 0 Å². The summed E-state index contributed by atoms with van der Waals surface area (Å²) in [5.74, 6) is -0.263. The van der Waals surface area contributed by atoms with Gasteiger partial charge < -0.3 is 14.5 Å². The number of nitrogens with zero attached hydrogens (tertiary/aromatic N) is 2. The maximum Gasteiger partial charge on any atom is 0.263 e. The Kier molecular flexibility index (Phi) is 6.19. The van der Waals surface area contributed by atoms with E-state index in [0.29, 0.717) is 31.7 Å². The lowest BCUT2D eigenvalue weighted by Crippen LogP contribution is -2.52. The average Bonchev–Trinajstić information content (AvgIpc) is 2.69. The van der Waals surface area contributed by atoms with E-state index in [1.807, 2.05) is 24.3 Å². The summed E-state index contributed by atoms with van der Waals surface area (Å²) in [6.45, 7) is 5.72. The van der Waals surface area contributed by atoms with Crippen LogP contribution in [0, 0.1) is 5.82 Å². The van der Waals surface area contributed by atoms with E-state index in [1.165, 1.54) is 12.1 Å². The van der Waals surface area contributed by atoms with Gasteiger partial charge in [0, 0.05) is 37.4 Å². The largest absolute Gasteiger partial charge is 0.479 e. The van der Waals surface area contributed by atoms with E-state index in [2.05, 4.69) is 4.90 Å². The number of carbonyl (C=O) groups excluding carboxylic acids is 2. The molecule has 3 rings (SSSR count). The molecule has 1 amide bonds. The number of hydrogen-bond acceptors (Lipinski definition) is 4. The van der Waals surface area contributed by atoms with Crippen molar-refractivity contribution in [3.8, 4) is 5.75 Å². The van der Waals surface area contributed by atoms with Crippen molar-refractivity contribution in [1.82, 2.24) is 4.90 Å². The van der Waals surface area contributed by atoms with E-state index in [0.717, 1.165) is 11.8 Å². The fourth-order valence-corrected chi connectivity index (χ4v) is 3.37. The van der Waals surface area contributed by atoms with E-state index in [1.54, 1.807) is 18.7 Å². The lowest BCUT2D eigenvalue weighted by atomic mass is 10.1. The number of Topliss-reactive ketones (excluding diaryl/α,β-unsaturated/α-hetero) is 1. The maximum absolute atomic E-state index is 13.1. The lowest BCUT2D eigenvalue weighted by Gasteiger charge is -2.37. The zero-order chi connectivity index (χ0) is 20.3. The zero-order valence-electron chi connectivity index (χ0n) is 15.8. The zero-order valence-corrected chi connectivity index (χ0v) is 16.6. The summed E-state index contributed by atoms with van der Waals surface area (Å²) in [6.07, 6.45) is -0.718. The van der Waals surface area contributed by atoms with E-state index in [-0.39, 0.29) is 22.5 Å². The maximum atomic E-state index is 13.1. The molecule has 0 aromatic heterocycles. The predicted molar refractivity (Wildman–Crippen MR) is 107 cm³/mol. The van der Waals surface area contributed by atoms with Crippen molar-refractivity contribution < 1.29 is 18.7 Å². The Morgan fingerprint density at radius 1 is 1.07 bits per heavy atom. The predicted octanol–water partition coefficient (Wildman–Crippen LogP) is 3.80. The number of rotatable bonds is 5. The van der Waals surface area contributed by atoms with Crippen molar-refractivity contribution in [3.63, 3.8) is 0 Å². The second-order valence-corrected chi connectivity index (χ2v) is 7.16. The number of hydrogen-bond donors (Lipinski definition) is 0. The molecule has 0 N–H and O–H groups in total. The monoisotopic (exact) mass is 404 g/mol. The molecule has 1 atom stereocenters. The summed E-state index contributed by atoms with van der Waals surface area (Å²) in [5, 5.41) is 0.137. The Bertz CT molecular complexity index is 864. The summed E-state index contributed by atoms with van der Waals surface area (Å²) < 4.78 is 18.8. The molecule has 1 unspecified atom stereocenters. The average molecular weight is 405 g/mol. The third-order valence-electron chi connectivity index (χ3n) is 4.78. The van der Waals surface area contributed by atoms with Crippen molar-refractivity contribution in [1.29, 1.82) is 0 Å². The van der Waals surface area contributed by atoms with E-state index < -0.39 is 11.9 Å². The second-order valence-electron chi connectivity index (χ2n) is 6.75. The Morgan fingerprint density at radius 2 is 1.71 bits per heavy atom. The molecular formula is C21H22ClFN2O3. The molecule has 2 aromatic rings. The van der Waals surface area contributed by atoms with Crippen molar-refractivity contribution >= 4 is 29.0 Å². The number of halogens is 2. The van der Waals surface area contributed by atoms with E-state index in [4.69, 9.17) is 16.3 Å². The van der Waals surface area contributed by atoms with E-state index in [9.17, 15) is 14.0 Å². The normalized spacial score (nSPS) is 15.3. The fourth-order valence-electron chi connectivity index (χ4n) is 3.16. The SMILES string of the molecule is CC(=O)c1ccc(N2CCN(C(=O)C(C)Oc3ccc(F)cc3Cl)CC2)cc1. The summed E-state index contributed by atoms with van der Waals surface area (Å²) in [5.41, 5.74) is 1.71. The van der Waals surface area contributed by atoms with Crippen molar-refractivity contribution in [2.45, 2.75) is 20.0 Å². The van der Waals surface area contributed by atoms with Crippen LogP contribution in [0.1, 0.15) is 24.2 Å². The number of ketones is 1. The molecular weight excluding hydrogens is 383 g/mol. The summed E-state index contributed by atoms with van der Waals surface area (Å²) >= 11 is 5.96. The van der Waals surface area contributed by atoms with Crippen LogP contribution in [0.2, 0.25) is 5.02 Å². The highest BCUT2D eigenvalue weighted by Crippen LogP contribution is 2.26. The minimum atomic E-state index is -0.718. The summed E-state index contributed by atoms with van der Waals surface area (Å²) in [7, 11) is 0. The Labute approximate surface area is 168 Å². The molecule has 0 aliphatic carbocycles. The Balaban J connectivity index is 1.56. The highest BCUT2D eigenvalue weighted by molar-refractivity contribution is 6.32. The van der Waals surface area contributed by atoms with Gasteiger partial charge in [0.15, 0.2) is 11.9 Å². The van der Waals surface area contributed by atoms with Crippen LogP contribution in [-0.2, 0) is 4.79 Å². The van der Waals surface area contributed by atoms with Crippen molar-refractivity contribution in [2.75, 3.05) is 31.1 Å². The molecule has 148 valence electrons. The molecule has 28 heavy (non-hydrogen) atoms. The molecule has 0 saturated carbocycles. The molecule has 0 spiro atoms. The van der Waals surface area contributed by atoms with Gasteiger partial charge in [0.05, 0.1) is 5.02 Å². The molecule has 5 nitrogen and oxygen atoms in total. The van der Waals surface area contributed by atoms with Gasteiger partial charge in [-0.25, -0.2) is 4.39 Å². The highest BCUT2D eigenvalue weighted by atomic mass is 35.5. The lowest BCUT2D eigenvalue weighted by molar-refractivity contribution is -0.138. The summed E-state index contributed by atoms with van der Waals surface area (Å²) in [6, 6.07) is 11.3. The second kappa shape index (κ2) is 8.61. The number of amides is 1. The molecule has 1 fully saturated rings. The molecule has 2 aromatic carbocycles. The van der Waals surface area contributed by atoms with Crippen LogP contribution >= 0.6 is 11.6 Å². The number of benzene rings is 2. The first kappa shape index (κ1) is 20.1. The van der Waals surface area contributed by atoms with Gasteiger partial charge >= 0.3 is 0 Å². The number of piperazine rings is 1. The van der Waals surface area contributed by atoms with E-state index >= 15 is 0 Å². The first-order valence-corrected chi connectivity index (χ1v) is 9.49. The van der Waals surface area contributed by atoms with Gasteiger partial charge in [-0.05, 0) is 56.3 Å². The molecule has 1 saturated heterocycles. The van der Waals surface area contributed by atoms with Gasteiger partial charge in [-0.15, -0.1) is 0 Å². The molecule has 1 heterocycles. The molecule has 1 aliphatic rings. The Morgan fingerprint density at radius 3 is 2.29 bits per heavy atom. The quantitative estimate of drug-likeness (QED) is 0.711. The van der Waals surface area contributed by atoms with Crippen LogP contribution in [0.5, 0.6) is 5.75 Å². The molecule has 0 radical (unpaired) electrons. The number of carbonyl (C=O) groups is 2. The smallest absolute Gasteiger partial charge is 0.263 e. The van der Waals surface area contributed by atoms with Gasteiger partial charge in [-0.3, -0.25) is 9.59 Å². The summed E-state index contributed by atoms with van der Waals surface area (Å²) in [4.78, 5) is 28.0. The fraction of sp³-hybridized carbons (Fsp3) is 0.333. The first-order chi connectivity index (χ1) is 13.3. The third-order valence-corrected chi connectivity index (χ3v) is 5.07. The minimum absolute atomic E-state index is 0.0391. The van der Waals surface area contributed by atoms with Crippen molar-refractivity contribution in [2.24, 2.45) is 0 Å². The van der Waals surface area contributed by atoms with Gasteiger partial charge in [0.1, 0.15) is 11.6 Å². The number of ether oxygens (including phenoxy) is 1. The number of anilines is 1. The highest BCUT2D eigenvalue weighted by Gasteiger charge is 2.26. The van der Waals surface area contributed by atoms with Gasteiger partial charge in [0.25, 0.3) is 5.91 Å². The van der Waals surface area contributed by atoms with Gasteiger partial charge in [0.2, 0.25) is 0 Å². The first-order valence-electron chi connectivity index (χ1n) is 9.11. The van der Waals surface area contributed by atoms with Crippen molar-refractivity contribution in [3.05, 3.63) is 58.9 Å². The molecule has 7 heteroatoms. The molecule has 0 bridgehead atoms. The topological polar surface area (TPSA) is 49.9 Å². The molecule has 1 aliphatic heterocycles. The standard InChI is InChI=1S/C21H22ClFN2O3/c1-14(26)16-3-6-18(7-4-16)24-9-11-25(12-10-24)21(27)15(2)28-20-8-5-17(23)13-19(20)22/h3-8,13,15H,9-12H2,1-2H3.